The van der Waals surface area contributed by atoms with Crippen molar-refractivity contribution in [3.63, 3.8) is 0 Å². The standard InChI is InChI=1S/C16H21ClFNO2/c1-15(2)5-7-16(21,8-6-15)10-19-14(20)12-4-3-11(18)9-13(12)17/h3-4,9,21H,5-8,10H2,1-2H3,(H,19,20). The van der Waals surface area contributed by atoms with Crippen molar-refractivity contribution in [3.8, 4) is 0 Å². The van der Waals surface area contributed by atoms with E-state index in [0.717, 1.165) is 18.9 Å². The molecule has 0 saturated heterocycles. The van der Waals surface area contributed by atoms with E-state index in [1.807, 2.05) is 0 Å². The van der Waals surface area contributed by atoms with Gasteiger partial charge in [0, 0.05) is 6.54 Å². The lowest BCUT2D eigenvalue weighted by atomic mass is 9.71. The molecule has 1 fully saturated rings. The Hall–Kier alpha value is -1.13. The molecule has 2 N–H and O–H groups in total. The molecule has 1 aromatic rings. The molecule has 0 heterocycles. The second-order valence-corrected chi connectivity index (χ2v) is 7.10. The van der Waals surface area contributed by atoms with Crippen LogP contribution in [0.4, 0.5) is 4.39 Å². The van der Waals surface area contributed by atoms with E-state index in [9.17, 15) is 14.3 Å². The summed E-state index contributed by atoms with van der Waals surface area (Å²) in [7, 11) is 0. The van der Waals surface area contributed by atoms with Crippen LogP contribution in [0.3, 0.4) is 0 Å². The van der Waals surface area contributed by atoms with Crippen LogP contribution in [0.5, 0.6) is 0 Å². The van der Waals surface area contributed by atoms with E-state index < -0.39 is 17.3 Å². The third kappa shape index (κ3) is 4.17. The van der Waals surface area contributed by atoms with Crippen molar-refractivity contribution in [3.05, 3.63) is 34.6 Å². The van der Waals surface area contributed by atoms with E-state index in [2.05, 4.69) is 19.2 Å². The molecule has 1 aromatic carbocycles. The molecular formula is C16H21ClFNO2. The molecule has 116 valence electrons. The van der Waals surface area contributed by atoms with Crippen molar-refractivity contribution >= 4 is 17.5 Å². The van der Waals surface area contributed by atoms with Crippen molar-refractivity contribution < 1.29 is 14.3 Å². The quantitative estimate of drug-likeness (QED) is 0.896. The molecule has 1 aliphatic rings. The molecule has 5 heteroatoms. The van der Waals surface area contributed by atoms with Gasteiger partial charge in [-0.25, -0.2) is 4.39 Å². The number of aliphatic hydroxyl groups is 1. The van der Waals surface area contributed by atoms with Crippen molar-refractivity contribution in [1.82, 2.24) is 5.32 Å². The summed E-state index contributed by atoms with van der Waals surface area (Å²) in [6.45, 7) is 4.56. The van der Waals surface area contributed by atoms with Crippen LogP contribution in [0, 0.1) is 11.2 Å². The zero-order chi connectivity index (χ0) is 15.7. The number of amides is 1. The van der Waals surface area contributed by atoms with Gasteiger partial charge in [-0.1, -0.05) is 25.4 Å². The summed E-state index contributed by atoms with van der Waals surface area (Å²) in [5.74, 6) is -0.872. The highest BCUT2D eigenvalue weighted by atomic mass is 35.5. The maximum absolute atomic E-state index is 13.0. The van der Waals surface area contributed by atoms with Crippen LogP contribution >= 0.6 is 11.6 Å². The van der Waals surface area contributed by atoms with Gasteiger partial charge in [0.15, 0.2) is 0 Å². The zero-order valence-electron chi connectivity index (χ0n) is 12.4. The highest BCUT2D eigenvalue weighted by molar-refractivity contribution is 6.33. The second-order valence-electron chi connectivity index (χ2n) is 6.70. The molecule has 0 bridgehead atoms. The van der Waals surface area contributed by atoms with Gasteiger partial charge in [0.25, 0.3) is 5.91 Å². The molecule has 0 spiro atoms. The average molecular weight is 314 g/mol. The summed E-state index contributed by atoms with van der Waals surface area (Å²) in [5.41, 5.74) is -0.397. The van der Waals surface area contributed by atoms with E-state index >= 15 is 0 Å². The third-order valence-electron chi connectivity index (χ3n) is 4.29. The lowest BCUT2D eigenvalue weighted by molar-refractivity contribution is -0.0233. The summed E-state index contributed by atoms with van der Waals surface area (Å²) < 4.78 is 13.0. The van der Waals surface area contributed by atoms with Crippen molar-refractivity contribution in [2.24, 2.45) is 5.41 Å². The van der Waals surface area contributed by atoms with Crippen LogP contribution in [0.1, 0.15) is 49.9 Å². The van der Waals surface area contributed by atoms with E-state index in [1.54, 1.807) is 0 Å². The predicted molar refractivity (Wildman–Crippen MR) is 80.9 cm³/mol. The molecule has 0 radical (unpaired) electrons. The first-order chi connectivity index (χ1) is 9.71. The highest BCUT2D eigenvalue weighted by Crippen LogP contribution is 2.39. The number of nitrogens with one attached hydrogen (secondary N) is 1. The zero-order valence-corrected chi connectivity index (χ0v) is 13.1. The minimum Gasteiger partial charge on any atom is -0.388 e. The van der Waals surface area contributed by atoms with Gasteiger partial charge in [0.2, 0.25) is 0 Å². The highest BCUT2D eigenvalue weighted by Gasteiger charge is 2.36. The number of hydrogen-bond acceptors (Lipinski definition) is 2. The van der Waals surface area contributed by atoms with Gasteiger partial charge in [-0.15, -0.1) is 0 Å². The first-order valence-corrected chi connectivity index (χ1v) is 7.54. The average Bonchev–Trinajstić information content (AvgIpc) is 2.40. The molecule has 0 aliphatic heterocycles. The first-order valence-electron chi connectivity index (χ1n) is 7.17. The van der Waals surface area contributed by atoms with E-state index in [4.69, 9.17) is 11.6 Å². The second kappa shape index (κ2) is 5.93. The number of rotatable bonds is 3. The van der Waals surface area contributed by atoms with E-state index in [-0.39, 0.29) is 22.5 Å². The number of hydrogen-bond donors (Lipinski definition) is 2. The molecule has 1 aliphatic carbocycles. The summed E-state index contributed by atoms with van der Waals surface area (Å²) in [4.78, 5) is 12.1. The molecule has 0 aromatic heterocycles. The smallest absolute Gasteiger partial charge is 0.252 e. The first kappa shape index (κ1) is 16.2. The summed E-state index contributed by atoms with van der Waals surface area (Å²) >= 11 is 5.85. The Morgan fingerprint density at radius 3 is 2.52 bits per heavy atom. The fraction of sp³-hybridized carbons (Fsp3) is 0.562. The van der Waals surface area contributed by atoms with Crippen LogP contribution in [-0.2, 0) is 0 Å². The Bertz CT molecular complexity index is 535. The minimum absolute atomic E-state index is 0.0734. The number of carbonyl (C=O) groups excluding carboxylic acids is 1. The van der Waals surface area contributed by atoms with Crippen LogP contribution in [0.2, 0.25) is 5.02 Å². The molecule has 1 amide bonds. The molecule has 3 nitrogen and oxygen atoms in total. The lowest BCUT2D eigenvalue weighted by Crippen LogP contribution is -2.46. The Balaban J connectivity index is 1.95. The van der Waals surface area contributed by atoms with Gasteiger partial charge in [-0.3, -0.25) is 4.79 Å². The number of benzene rings is 1. The number of halogens is 2. The predicted octanol–water partition coefficient (Wildman–Crippen LogP) is 3.54. The van der Waals surface area contributed by atoms with E-state index in [1.165, 1.54) is 12.1 Å². The van der Waals surface area contributed by atoms with Crippen molar-refractivity contribution in [2.45, 2.75) is 45.1 Å². The summed E-state index contributed by atoms with van der Waals surface area (Å²) in [6.07, 6.45) is 3.18. The van der Waals surface area contributed by atoms with Gasteiger partial charge >= 0.3 is 0 Å². The van der Waals surface area contributed by atoms with Gasteiger partial charge in [-0.05, 0) is 49.3 Å². The largest absolute Gasteiger partial charge is 0.388 e. The maximum Gasteiger partial charge on any atom is 0.252 e. The van der Waals surface area contributed by atoms with Gasteiger partial charge < -0.3 is 10.4 Å². The van der Waals surface area contributed by atoms with Crippen LogP contribution < -0.4 is 5.32 Å². The Kier molecular flexibility index (Phi) is 4.59. The van der Waals surface area contributed by atoms with Crippen LogP contribution in [0.25, 0.3) is 0 Å². The minimum atomic E-state index is -0.863. The van der Waals surface area contributed by atoms with Gasteiger partial charge in [0.1, 0.15) is 5.82 Å². The maximum atomic E-state index is 13.0. The van der Waals surface area contributed by atoms with Gasteiger partial charge in [0.05, 0.1) is 16.2 Å². The van der Waals surface area contributed by atoms with E-state index in [0.29, 0.717) is 12.8 Å². The SMILES string of the molecule is CC1(C)CCC(O)(CNC(=O)c2ccc(F)cc2Cl)CC1. The summed E-state index contributed by atoms with van der Waals surface area (Å²) in [5, 5.41) is 13.3. The molecule has 21 heavy (non-hydrogen) atoms. The Morgan fingerprint density at radius 2 is 1.95 bits per heavy atom. The molecule has 1 saturated carbocycles. The molecule has 0 atom stereocenters. The van der Waals surface area contributed by atoms with Gasteiger partial charge in [-0.2, -0.15) is 0 Å². The topological polar surface area (TPSA) is 49.3 Å². The van der Waals surface area contributed by atoms with Crippen LogP contribution in [0.15, 0.2) is 18.2 Å². The monoisotopic (exact) mass is 313 g/mol. The summed E-state index contributed by atoms with van der Waals surface area (Å²) in [6, 6.07) is 3.65. The Morgan fingerprint density at radius 1 is 1.33 bits per heavy atom. The fourth-order valence-corrected chi connectivity index (χ4v) is 2.84. The van der Waals surface area contributed by atoms with Crippen LogP contribution in [-0.4, -0.2) is 23.2 Å². The molecule has 2 rings (SSSR count). The third-order valence-corrected chi connectivity index (χ3v) is 4.60. The molecular weight excluding hydrogens is 293 g/mol. The lowest BCUT2D eigenvalue weighted by Gasteiger charge is -2.40. The number of carbonyl (C=O) groups is 1. The van der Waals surface area contributed by atoms with Crippen molar-refractivity contribution in [2.75, 3.05) is 6.54 Å². The van der Waals surface area contributed by atoms with Crippen molar-refractivity contribution in [1.29, 1.82) is 0 Å². The normalized spacial score (nSPS) is 20.0. The fourth-order valence-electron chi connectivity index (χ4n) is 2.58. The Labute approximate surface area is 129 Å². The molecule has 0 unspecified atom stereocenters.